The topological polar surface area (TPSA) is 35.5 Å². The summed E-state index contributed by atoms with van der Waals surface area (Å²) in [6.45, 7) is 5.62. The Morgan fingerprint density at radius 2 is 1.88 bits per heavy atom. The molecular weight excluding hydrogens is 343 g/mol. The minimum absolute atomic E-state index is 0. The second-order valence-electron chi connectivity index (χ2n) is 6.75. The van der Waals surface area contributed by atoms with E-state index in [0.29, 0.717) is 12.1 Å². The maximum Gasteiger partial charge on any atom is 0.0558 e. The van der Waals surface area contributed by atoms with E-state index in [1.165, 1.54) is 30.4 Å². The minimum atomic E-state index is 0. The van der Waals surface area contributed by atoms with E-state index in [4.69, 9.17) is 5.11 Å². The molecule has 0 radical (unpaired) electrons. The van der Waals surface area contributed by atoms with Gasteiger partial charge < -0.3 is 15.3 Å². The number of piperidine rings is 1. The predicted octanol–water partition coefficient (Wildman–Crippen LogP) is 3.37. The number of hydrogen-bond donors (Lipinski definition) is 2. The monoisotopic (exact) mass is 372 g/mol. The number of benzene rings is 1. The molecule has 2 N–H and O–H groups in total. The van der Waals surface area contributed by atoms with Crippen LogP contribution in [0, 0.1) is 5.92 Å². The third-order valence-corrected chi connectivity index (χ3v) is 5.02. The van der Waals surface area contributed by atoms with Gasteiger partial charge in [0.05, 0.1) is 6.61 Å². The number of halogens is 2. The molecule has 0 spiro atoms. The number of aliphatic hydroxyl groups excluding tert-OH is 1. The van der Waals surface area contributed by atoms with Crippen LogP contribution in [0.5, 0.6) is 0 Å². The fraction of sp³-hybridized carbons (Fsp3) is 0.579. The molecule has 1 aliphatic heterocycles. The van der Waals surface area contributed by atoms with E-state index in [-0.39, 0.29) is 31.4 Å². The number of nitrogens with one attached hydrogen (secondary N) is 1. The van der Waals surface area contributed by atoms with Gasteiger partial charge in [0.1, 0.15) is 0 Å². The standard InChI is InChI=1S/C19H28N2O.2ClH/c1-15(13-16-5-3-2-4-6-16)18-14-19(18)20-17-7-9-21(10-8-17)11-12-22;;/h2-6,13,17-20,22H,7-12,14H2,1H3;2*1H/t18-,19+;;/m0../s1. The molecule has 2 atom stereocenters. The van der Waals surface area contributed by atoms with Crippen LogP contribution in [0.2, 0.25) is 0 Å². The van der Waals surface area contributed by atoms with Crippen molar-refractivity contribution in [3.05, 3.63) is 41.5 Å². The van der Waals surface area contributed by atoms with E-state index < -0.39 is 0 Å². The minimum Gasteiger partial charge on any atom is -0.395 e. The maximum atomic E-state index is 8.99. The molecule has 0 amide bonds. The summed E-state index contributed by atoms with van der Waals surface area (Å²) in [6.07, 6.45) is 6.04. The van der Waals surface area contributed by atoms with E-state index in [0.717, 1.165) is 25.6 Å². The molecule has 136 valence electrons. The quantitative estimate of drug-likeness (QED) is 0.803. The molecule has 5 heteroatoms. The Balaban J connectivity index is 0.00000144. The van der Waals surface area contributed by atoms with Gasteiger partial charge in [-0.15, -0.1) is 24.8 Å². The van der Waals surface area contributed by atoms with Crippen LogP contribution in [0.4, 0.5) is 0 Å². The summed E-state index contributed by atoms with van der Waals surface area (Å²) in [6, 6.07) is 11.9. The summed E-state index contributed by atoms with van der Waals surface area (Å²) in [5, 5.41) is 12.8. The van der Waals surface area contributed by atoms with Crippen molar-refractivity contribution in [1.29, 1.82) is 0 Å². The second-order valence-corrected chi connectivity index (χ2v) is 6.75. The average molecular weight is 373 g/mol. The van der Waals surface area contributed by atoms with E-state index in [1.54, 1.807) is 0 Å². The van der Waals surface area contributed by atoms with Crippen LogP contribution in [0.15, 0.2) is 35.9 Å². The van der Waals surface area contributed by atoms with Crippen molar-refractivity contribution in [2.45, 2.75) is 38.3 Å². The summed E-state index contributed by atoms with van der Waals surface area (Å²) in [5.74, 6) is 0.718. The average Bonchev–Trinajstić information content (AvgIpc) is 3.30. The lowest BCUT2D eigenvalue weighted by Crippen LogP contribution is -2.44. The first-order chi connectivity index (χ1) is 10.8. The number of hydrogen-bond acceptors (Lipinski definition) is 3. The molecule has 1 aliphatic carbocycles. The van der Waals surface area contributed by atoms with Gasteiger partial charge in [-0.05, 0) is 50.8 Å². The highest BCUT2D eigenvalue weighted by Gasteiger charge is 2.39. The van der Waals surface area contributed by atoms with Crippen LogP contribution in [0.25, 0.3) is 6.08 Å². The Morgan fingerprint density at radius 3 is 2.50 bits per heavy atom. The molecule has 1 saturated carbocycles. The molecule has 1 heterocycles. The number of rotatable bonds is 6. The van der Waals surface area contributed by atoms with Crippen molar-refractivity contribution < 1.29 is 5.11 Å². The fourth-order valence-corrected chi connectivity index (χ4v) is 3.57. The summed E-state index contributed by atoms with van der Waals surface area (Å²) in [5.41, 5.74) is 2.81. The Labute approximate surface area is 158 Å². The van der Waals surface area contributed by atoms with Gasteiger partial charge in [-0.1, -0.05) is 42.0 Å². The van der Waals surface area contributed by atoms with E-state index in [9.17, 15) is 0 Å². The molecule has 0 unspecified atom stereocenters. The lowest BCUT2D eigenvalue weighted by molar-refractivity contribution is 0.156. The number of likely N-dealkylation sites (tertiary alicyclic amines) is 1. The number of aliphatic hydroxyl groups is 1. The molecule has 24 heavy (non-hydrogen) atoms. The Bertz CT molecular complexity index is 501. The van der Waals surface area contributed by atoms with Crippen molar-refractivity contribution in [2.24, 2.45) is 5.92 Å². The van der Waals surface area contributed by atoms with Crippen LogP contribution in [-0.4, -0.2) is 48.3 Å². The van der Waals surface area contributed by atoms with Gasteiger partial charge in [-0.2, -0.15) is 0 Å². The zero-order valence-corrected chi connectivity index (χ0v) is 16.0. The zero-order chi connectivity index (χ0) is 15.4. The molecule has 1 aromatic rings. The molecule has 2 fully saturated rings. The first-order valence-corrected chi connectivity index (χ1v) is 8.59. The van der Waals surface area contributed by atoms with E-state index >= 15 is 0 Å². The molecule has 2 aliphatic rings. The third kappa shape index (κ3) is 6.05. The summed E-state index contributed by atoms with van der Waals surface area (Å²) >= 11 is 0. The van der Waals surface area contributed by atoms with Crippen molar-refractivity contribution in [3.8, 4) is 0 Å². The molecule has 1 aromatic carbocycles. The summed E-state index contributed by atoms with van der Waals surface area (Å²) in [4.78, 5) is 2.36. The van der Waals surface area contributed by atoms with Gasteiger partial charge in [0.25, 0.3) is 0 Å². The Hall–Kier alpha value is -0.580. The molecular formula is C19H30Cl2N2O. The van der Waals surface area contributed by atoms with Crippen molar-refractivity contribution >= 4 is 30.9 Å². The molecule has 3 rings (SSSR count). The zero-order valence-electron chi connectivity index (χ0n) is 14.4. The lowest BCUT2D eigenvalue weighted by atomic mass is 10.0. The molecule has 0 bridgehead atoms. The largest absolute Gasteiger partial charge is 0.395 e. The predicted molar refractivity (Wildman–Crippen MR) is 106 cm³/mol. The van der Waals surface area contributed by atoms with E-state index in [2.05, 4.69) is 53.5 Å². The molecule has 3 nitrogen and oxygen atoms in total. The number of nitrogens with zero attached hydrogens (tertiary/aromatic N) is 1. The Kier molecular flexibility index (Phi) is 9.32. The van der Waals surface area contributed by atoms with Crippen LogP contribution in [-0.2, 0) is 0 Å². The van der Waals surface area contributed by atoms with Crippen molar-refractivity contribution in [1.82, 2.24) is 10.2 Å². The normalized spacial score (nSPS) is 24.8. The summed E-state index contributed by atoms with van der Waals surface area (Å²) < 4.78 is 0. The molecule has 1 saturated heterocycles. The third-order valence-electron chi connectivity index (χ3n) is 5.02. The van der Waals surface area contributed by atoms with Gasteiger partial charge in [0.2, 0.25) is 0 Å². The smallest absolute Gasteiger partial charge is 0.0558 e. The van der Waals surface area contributed by atoms with Gasteiger partial charge >= 0.3 is 0 Å². The highest BCUT2D eigenvalue weighted by Crippen LogP contribution is 2.38. The fourth-order valence-electron chi connectivity index (χ4n) is 3.57. The van der Waals surface area contributed by atoms with Gasteiger partial charge in [0, 0.05) is 18.6 Å². The van der Waals surface area contributed by atoms with Gasteiger partial charge in [0.15, 0.2) is 0 Å². The first-order valence-electron chi connectivity index (χ1n) is 8.59. The second kappa shape index (κ2) is 10.4. The van der Waals surface area contributed by atoms with Crippen molar-refractivity contribution in [3.63, 3.8) is 0 Å². The SMILES string of the molecule is CC(=Cc1ccccc1)[C@@H]1C[C@H]1NC1CCN(CCO)CC1.Cl.Cl. The van der Waals surface area contributed by atoms with Crippen LogP contribution >= 0.6 is 24.8 Å². The van der Waals surface area contributed by atoms with Crippen molar-refractivity contribution in [2.75, 3.05) is 26.2 Å². The summed E-state index contributed by atoms with van der Waals surface area (Å²) in [7, 11) is 0. The Morgan fingerprint density at radius 1 is 1.21 bits per heavy atom. The maximum absolute atomic E-state index is 8.99. The van der Waals surface area contributed by atoms with E-state index in [1.807, 2.05) is 0 Å². The van der Waals surface area contributed by atoms with Gasteiger partial charge in [-0.3, -0.25) is 0 Å². The van der Waals surface area contributed by atoms with Crippen LogP contribution in [0.1, 0.15) is 31.7 Å². The highest BCUT2D eigenvalue weighted by molar-refractivity contribution is 5.85. The highest BCUT2D eigenvalue weighted by atomic mass is 35.5. The lowest BCUT2D eigenvalue weighted by Gasteiger charge is -2.32. The number of β-amino-alcohol motifs (C(OH)–C–C–N with tert-alkyl or cyclic N) is 1. The van der Waals surface area contributed by atoms with Gasteiger partial charge in [-0.25, -0.2) is 0 Å². The molecule has 0 aromatic heterocycles. The first kappa shape index (κ1) is 21.5. The van der Waals surface area contributed by atoms with Crippen LogP contribution < -0.4 is 5.32 Å². The van der Waals surface area contributed by atoms with Crippen LogP contribution in [0.3, 0.4) is 0 Å².